The second-order valence-electron chi connectivity index (χ2n) is 5.93. The Morgan fingerprint density at radius 2 is 2.24 bits per heavy atom. The standard InChI is InChI=1S/C15H20FN3O2/c16-12-9-11(5-6-14(12)19(20)21)10-18-8-2-4-15(18)13-3-1-7-17-13/h5-6,9,13,15,17H,1-4,7-8,10H2. The van der Waals surface area contributed by atoms with E-state index in [9.17, 15) is 14.5 Å². The molecule has 5 nitrogen and oxygen atoms in total. The smallest absolute Gasteiger partial charge is 0.304 e. The number of nitrogens with one attached hydrogen (secondary N) is 1. The maximum atomic E-state index is 13.7. The fraction of sp³-hybridized carbons (Fsp3) is 0.600. The highest BCUT2D eigenvalue weighted by molar-refractivity contribution is 5.35. The average molecular weight is 293 g/mol. The van der Waals surface area contributed by atoms with Crippen LogP contribution in [0.15, 0.2) is 18.2 Å². The van der Waals surface area contributed by atoms with E-state index in [1.807, 2.05) is 0 Å². The molecule has 1 aromatic rings. The van der Waals surface area contributed by atoms with E-state index in [2.05, 4.69) is 10.2 Å². The van der Waals surface area contributed by atoms with Crippen LogP contribution in [-0.2, 0) is 6.54 Å². The van der Waals surface area contributed by atoms with Gasteiger partial charge in [0.15, 0.2) is 0 Å². The van der Waals surface area contributed by atoms with Crippen LogP contribution in [0.3, 0.4) is 0 Å². The number of rotatable bonds is 4. The zero-order chi connectivity index (χ0) is 14.8. The first kappa shape index (κ1) is 14.4. The molecule has 0 radical (unpaired) electrons. The van der Waals surface area contributed by atoms with Crippen molar-refractivity contribution in [2.24, 2.45) is 0 Å². The Morgan fingerprint density at radius 1 is 1.38 bits per heavy atom. The van der Waals surface area contributed by atoms with Crippen LogP contribution in [0.4, 0.5) is 10.1 Å². The van der Waals surface area contributed by atoms with E-state index >= 15 is 0 Å². The Balaban J connectivity index is 1.70. The predicted molar refractivity (Wildman–Crippen MR) is 77.5 cm³/mol. The van der Waals surface area contributed by atoms with Crippen molar-refractivity contribution in [3.8, 4) is 0 Å². The van der Waals surface area contributed by atoms with Gasteiger partial charge in [0.05, 0.1) is 4.92 Å². The van der Waals surface area contributed by atoms with Crippen molar-refractivity contribution >= 4 is 5.69 Å². The molecule has 2 unspecified atom stereocenters. The lowest BCUT2D eigenvalue weighted by molar-refractivity contribution is -0.387. The van der Waals surface area contributed by atoms with Gasteiger partial charge < -0.3 is 5.32 Å². The lowest BCUT2D eigenvalue weighted by atomic mass is 10.0. The van der Waals surface area contributed by atoms with Gasteiger partial charge in [-0.15, -0.1) is 0 Å². The number of hydrogen-bond acceptors (Lipinski definition) is 4. The van der Waals surface area contributed by atoms with Gasteiger partial charge in [0.25, 0.3) is 0 Å². The van der Waals surface area contributed by atoms with Gasteiger partial charge in [0.1, 0.15) is 0 Å². The van der Waals surface area contributed by atoms with E-state index in [1.54, 1.807) is 6.07 Å². The maximum Gasteiger partial charge on any atom is 0.304 e. The fourth-order valence-corrected chi connectivity index (χ4v) is 3.58. The summed E-state index contributed by atoms with van der Waals surface area (Å²) in [6, 6.07) is 5.28. The molecule has 2 atom stereocenters. The highest BCUT2D eigenvalue weighted by Gasteiger charge is 2.33. The maximum absolute atomic E-state index is 13.7. The first-order valence-corrected chi connectivity index (χ1v) is 7.55. The molecule has 21 heavy (non-hydrogen) atoms. The van der Waals surface area contributed by atoms with Crippen LogP contribution in [0.2, 0.25) is 0 Å². The minimum atomic E-state index is -0.743. The molecule has 0 aliphatic carbocycles. The Kier molecular flexibility index (Phi) is 4.17. The monoisotopic (exact) mass is 293 g/mol. The van der Waals surface area contributed by atoms with Crippen LogP contribution in [0.5, 0.6) is 0 Å². The Morgan fingerprint density at radius 3 is 2.90 bits per heavy atom. The minimum absolute atomic E-state index is 0.450. The molecule has 2 saturated heterocycles. The van der Waals surface area contributed by atoms with Gasteiger partial charge in [0.2, 0.25) is 5.82 Å². The highest BCUT2D eigenvalue weighted by atomic mass is 19.1. The second-order valence-corrected chi connectivity index (χ2v) is 5.93. The SMILES string of the molecule is O=[N+]([O-])c1ccc(CN2CCCC2C2CCCN2)cc1F. The molecule has 114 valence electrons. The molecular formula is C15H20FN3O2. The summed E-state index contributed by atoms with van der Waals surface area (Å²) >= 11 is 0. The summed E-state index contributed by atoms with van der Waals surface area (Å²) in [5, 5.41) is 14.2. The number of nitro groups is 1. The van der Waals surface area contributed by atoms with E-state index in [0.29, 0.717) is 18.6 Å². The van der Waals surface area contributed by atoms with E-state index in [1.165, 1.54) is 31.4 Å². The average Bonchev–Trinajstić information content (AvgIpc) is 3.08. The number of halogens is 1. The zero-order valence-corrected chi connectivity index (χ0v) is 11.9. The van der Waals surface area contributed by atoms with Crippen LogP contribution in [0, 0.1) is 15.9 Å². The van der Waals surface area contributed by atoms with Crippen LogP contribution in [-0.4, -0.2) is 35.0 Å². The third-order valence-electron chi connectivity index (χ3n) is 4.57. The third-order valence-corrected chi connectivity index (χ3v) is 4.57. The summed E-state index contributed by atoms with van der Waals surface area (Å²) in [6.45, 7) is 2.76. The third kappa shape index (κ3) is 3.06. The summed E-state index contributed by atoms with van der Waals surface area (Å²) in [5.41, 5.74) is 0.358. The number of nitro benzene ring substituents is 1. The molecule has 2 aliphatic heterocycles. The Hall–Kier alpha value is -1.53. The van der Waals surface area contributed by atoms with Crippen molar-refractivity contribution < 1.29 is 9.31 Å². The van der Waals surface area contributed by atoms with Gasteiger partial charge >= 0.3 is 5.69 Å². The summed E-state index contributed by atoms with van der Waals surface area (Å²) in [7, 11) is 0. The van der Waals surface area contributed by atoms with Gasteiger partial charge in [-0.25, -0.2) is 0 Å². The molecule has 1 N–H and O–H groups in total. The lowest BCUT2D eigenvalue weighted by Crippen LogP contribution is -2.43. The molecule has 6 heteroatoms. The Bertz CT molecular complexity index is 532. The minimum Gasteiger partial charge on any atom is -0.312 e. The van der Waals surface area contributed by atoms with E-state index in [-0.39, 0.29) is 0 Å². The van der Waals surface area contributed by atoms with Crippen molar-refractivity contribution in [3.63, 3.8) is 0 Å². The lowest BCUT2D eigenvalue weighted by Gasteiger charge is -2.29. The molecule has 2 fully saturated rings. The quantitative estimate of drug-likeness (QED) is 0.684. The second kappa shape index (κ2) is 6.07. The van der Waals surface area contributed by atoms with Crippen LogP contribution < -0.4 is 5.32 Å². The van der Waals surface area contributed by atoms with Gasteiger partial charge in [-0.05, 0) is 50.4 Å². The summed E-state index contributed by atoms with van der Waals surface area (Å²) in [4.78, 5) is 12.3. The molecule has 3 rings (SSSR count). The first-order valence-electron chi connectivity index (χ1n) is 7.55. The van der Waals surface area contributed by atoms with Crippen molar-refractivity contribution in [3.05, 3.63) is 39.7 Å². The van der Waals surface area contributed by atoms with Gasteiger partial charge in [-0.2, -0.15) is 4.39 Å². The van der Waals surface area contributed by atoms with E-state index < -0.39 is 16.4 Å². The molecule has 0 spiro atoms. The number of likely N-dealkylation sites (tertiary alicyclic amines) is 1. The molecule has 0 aromatic heterocycles. The molecule has 2 aliphatic rings. The first-order chi connectivity index (χ1) is 10.1. The summed E-state index contributed by atoms with van der Waals surface area (Å²) in [6.07, 6.45) is 4.77. The normalized spacial score (nSPS) is 26.3. The van der Waals surface area contributed by atoms with E-state index in [0.717, 1.165) is 25.1 Å². The molecule has 0 amide bonds. The topological polar surface area (TPSA) is 58.4 Å². The van der Waals surface area contributed by atoms with Crippen LogP contribution in [0.25, 0.3) is 0 Å². The van der Waals surface area contributed by atoms with Gasteiger partial charge in [-0.1, -0.05) is 6.07 Å². The molecule has 1 aromatic carbocycles. The van der Waals surface area contributed by atoms with Crippen molar-refractivity contribution in [1.82, 2.24) is 10.2 Å². The molecule has 0 saturated carbocycles. The van der Waals surface area contributed by atoms with Crippen molar-refractivity contribution in [2.75, 3.05) is 13.1 Å². The van der Waals surface area contributed by atoms with Crippen LogP contribution in [0.1, 0.15) is 31.2 Å². The fourth-order valence-electron chi connectivity index (χ4n) is 3.58. The van der Waals surface area contributed by atoms with Gasteiger partial charge in [0, 0.05) is 24.7 Å². The highest BCUT2D eigenvalue weighted by Crippen LogP contribution is 2.27. The summed E-state index contributed by atoms with van der Waals surface area (Å²) < 4.78 is 13.7. The van der Waals surface area contributed by atoms with Crippen molar-refractivity contribution in [2.45, 2.75) is 44.3 Å². The molecular weight excluding hydrogens is 273 g/mol. The molecule has 0 bridgehead atoms. The largest absolute Gasteiger partial charge is 0.312 e. The van der Waals surface area contributed by atoms with Crippen molar-refractivity contribution in [1.29, 1.82) is 0 Å². The van der Waals surface area contributed by atoms with E-state index in [4.69, 9.17) is 0 Å². The predicted octanol–water partition coefficient (Wildman–Crippen LogP) is 2.45. The number of hydrogen-bond donors (Lipinski definition) is 1. The Labute approximate surface area is 123 Å². The molecule has 2 heterocycles. The zero-order valence-electron chi connectivity index (χ0n) is 11.9. The number of benzene rings is 1. The summed E-state index contributed by atoms with van der Waals surface area (Å²) in [5.74, 6) is -0.743. The van der Waals surface area contributed by atoms with Crippen LogP contribution >= 0.6 is 0 Å². The van der Waals surface area contributed by atoms with Gasteiger partial charge in [-0.3, -0.25) is 15.0 Å². The number of nitrogens with zero attached hydrogens (tertiary/aromatic N) is 2.